The van der Waals surface area contributed by atoms with Gasteiger partial charge in [-0.3, -0.25) is 9.20 Å². The number of carbonyl (C=O) groups excluding carboxylic acids is 1. The van der Waals surface area contributed by atoms with E-state index in [2.05, 4.69) is 4.98 Å². The smallest absolute Gasteiger partial charge is 0.182 e. The van der Waals surface area contributed by atoms with Gasteiger partial charge in [0.25, 0.3) is 0 Å². The van der Waals surface area contributed by atoms with Crippen molar-refractivity contribution in [2.24, 2.45) is 0 Å². The molecule has 0 fully saturated rings. The molecule has 0 amide bonds. The second-order valence-electron chi connectivity index (χ2n) is 8.30. The third-order valence-electron chi connectivity index (χ3n) is 6.24. The molecular formula is C26H23ClF2N2O3. The first-order valence-corrected chi connectivity index (χ1v) is 10.8. The van der Waals surface area contributed by atoms with Crippen LogP contribution in [0.3, 0.4) is 0 Å². The van der Waals surface area contributed by atoms with Gasteiger partial charge in [-0.2, -0.15) is 0 Å². The van der Waals surface area contributed by atoms with Crippen LogP contribution in [0.15, 0.2) is 60.8 Å². The molecule has 1 N–H and O–H groups in total. The number of pyridine rings is 1. The van der Waals surface area contributed by atoms with Crippen molar-refractivity contribution >= 4 is 23.8 Å². The Hall–Kier alpha value is -3.29. The molecule has 0 radical (unpaired) electrons. The third-order valence-corrected chi connectivity index (χ3v) is 6.24. The number of ketones is 1. The number of aliphatic hydroxyl groups excluding tert-OH is 1. The monoisotopic (exact) mass is 484 g/mol. The van der Waals surface area contributed by atoms with Crippen LogP contribution in [0.4, 0.5) is 8.78 Å². The van der Waals surface area contributed by atoms with Crippen molar-refractivity contribution in [1.29, 1.82) is 0 Å². The quantitative estimate of drug-likeness (QED) is 0.382. The molecular weight excluding hydrogens is 462 g/mol. The summed E-state index contributed by atoms with van der Waals surface area (Å²) in [5, 5.41) is 10.6. The number of nitrogens with zero attached hydrogens (tertiary/aromatic N) is 2. The topological polar surface area (TPSA) is 63.8 Å². The van der Waals surface area contributed by atoms with E-state index in [0.29, 0.717) is 29.2 Å². The lowest BCUT2D eigenvalue weighted by Gasteiger charge is -2.15. The SMILES string of the molecule is Cc1nc2c(OCc3c(F)cccc3F)cccn2c1C(=O)C[C@H]1c2ccccc2C[C@@H]1O.Cl. The van der Waals surface area contributed by atoms with Crippen LogP contribution < -0.4 is 4.74 Å². The fraction of sp³-hybridized carbons (Fsp3) is 0.231. The van der Waals surface area contributed by atoms with Crippen molar-refractivity contribution in [3.05, 3.63) is 101 Å². The Bertz CT molecular complexity index is 1350. The Labute approximate surface area is 201 Å². The van der Waals surface area contributed by atoms with Crippen LogP contribution >= 0.6 is 12.4 Å². The molecule has 0 aliphatic heterocycles. The molecule has 5 rings (SSSR count). The first-order chi connectivity index (χ1) is 15.9. The van der Waals surface area contributed by atoms with Gasteiger partial charge in [-0.25, -0.2) is 13.8 Å². The standard InChI is InChI=1S/C26H22F2N2O3.ClH/c1-15-25(23(32)13-18-17-7-3-2-6-16(17)12-22(18)31)30-11-5-10-24(26(30)29-15)33-14-19-20(27)8-4-9-21(19)28;/h2-11,18,22,31H,12-14H2,1H3;1H/t18-,22-;/m0./s1. The number of imidazole rings is 1. The molecule has 0 saturated carbocycles. The van der Waals surface area contributed by atoms with E-state index in [-0.39, 0.29) is 42.7 Å². The van der Waals surface area contributed by atoms with Gasteiger partial charge in [-0.05, 0) is 48.7 Å². The van der Waals surface area contributed by atoms with Crippen LogP contribution in [0.25, 0.3) is 5.65 Å². The summed E-state index contributed by atoms with van der Waals surface area (Å²) in [4.78, 5) is 17.8. The molecule has 0 unspecified atom stereocenters. The minimum Gasteiger partial charge on any atom is -0.485 e. The molecule has 0 saturated heterocycles. The molecule has 2 atom stereocenters. The van der Waals surface area contributed by atoms with Gasteiger partial charge in [0.2, 0.25) is 0 Å². The number of Topliss-reactive ketones (excluding diaryl/α,β-unsaturated/α-hetero) is 1. The minimum atomic E-state index is -0.687. The van der Waals surface area contributed by atoms with Gasteiger partial charge in [-0.15, -0.1) is 12.4 Å². The number of benzene rings is 2. The van der Waals surface area contributed by atoms with Gasteiger partial charge in [0.05, 0.1) is 17.4 Å². The van der Waals surface area contributed by atoms with Crippen molar-refractivity contribution in [1.82, 2.24) is 9.38 Å². The van der Waals surface area contributed by atoms with Crippen LogP contribution in [0.5, 0.6) is 5.75 Å². The van der Waals surface area contributed by atoms with Gasteiger partial charge in [0, 0.05) is 18.5 Å². The summed E-state index contributed by atoms with van der Waals surface area (Å²) >= 11 is 0. The number of halogens is 3. The van der Waals surface area contributed by atoms with Crippen molar-refractivity contribution < 1.29 is 23.4 Å². The second-order valence-corrected chi connectivity index (χ2v) is 8.30. The zero-order chi connectivity index (χ0) is 23.1. The van der Waals surface area contributed by atoms with Crippen molar-refractivity contribution in [3.63, 3.8) is 0 Å². The number of ether oxygens (including phenoxy) is 1. The van der Waals surface area contributed by atoms with Crippen LogP contribution in [0, 0.1) is 18.6 Å². The van der Waals surface area contributed by atoms with Crippen molar-refractivity contribution in [3.8, 4) is 5.75 Å². The van der Waals surface area contributed by atoms with Gasteiger partial charge < -0.3 is 9.84 Å². The number of aryl methyl sites for hydroxylation is 1. The number of aromatic nitrogens is 2. The Kier molecular flexibility index (Phi) is 6.68. The number of aliphatic hydroxyl groups is 1. The fourth-order valence-electron chi connectivity index (χ4n) is 4.62. The van der Waals surface area contributed by atoms with Crippen LogP contribution in [-0.4, -0.2) is 26.4 Å². The second kappa shape index (κ2) is 9.52. The lowest BCUT2D eigenvalue weighted by Crippen LogP contribution is -2.18. The zero-order valence-corrected chi connectivity index (χ0v) is 19.2. The van der Waals surface area contributed by atoms with Gasteiger partial charge in [-0.1, -0.05) is 30.3 Å². The maximum Gasteiger partial charge on any atom is 0.182 e. The Balaban J connectivity index is 0.00000274. The number of hydrogen-bond acceptors (Lipinski definition) is 4. The first-order valence-electron chi connectivity index (χ1n) is 10.8. The summed E-state index contributed by atoms with van der Waals surface area (Å²) in [5.41, 5.74) is 3.21. The number of carbonyl (C=O) groups is 1. The Morgan fingerprint density at radius 1 is 1.12 bits per heavy atom. The maximum atomic E-state index is 14.0. The predicted octanol–water partition coefficient (Wildman–Crippen LogP) is 5.20. The Morgan fingerprint density at radius 2 is 1.85 bits per heavy atom. The number of rotatable bonds is 6. The Morgan fingerprint density at radius 3 is 2.62 bits per heavy atom. The summed E-state index contributed by atoms with van der Waals surface area (Å²) < 4.78 is 35.3. The highest BCUT2D eigenvalue weighted by molar-refractivity contribution is 5.97. The summed E-state index contributed by atoms with van der Waals surface area (Å²) in [6, 6.07) is 14.8. The summed E-state index contributed by atoms with van der Waals surface area (Å²) in [6.45, 7) is 1.43. The molecule has 34 heavy (non-hydrogen) atoms. The van der Waals surface area contributed by atoms with Crippen LogP contribution in [0.1, 0.15) is 45.2 Å². The molecule has 2 heterocycles. The fourth-order valence-corrected chi connectivity index (χ4v) is 4.62. The van der Waals surface area contributed by atoms with Gasteiger partial charge >= 0.3 is 0 Å². The molecule has 1 aliphatic rings. The van der Waals surface area contributed by atoms with E-state index < -0.39 is 17.7 Å². The molecule has 1 aliphatic carbocycles. The highest BCUT2D eigenvalue weighted by atomic mass is 35.5. The van der Waals surface area contributed by atoms with Gasteiger partial charge in [0.15, 0.2) is 17.2 Å². The lowest BCUT2D eigenvalue weighted by atomic mass is 9.93. The maximum absolute atomic E-state index is 14.0. The van der Waals surface area contributed by atoms with Crippen LogP contribution in [-0.2, 0) is 13.0 Å². The van der Waals surface area contributed by atoms with Crippen molar-refractivity contribution in [2.45, 2.75) is 38.4 Å². The summed E-state index contributed by atoms with van der Waals surface area (Å²) in [7, 11) is 0. The normalized spacial score (nSPS) is 16.8. The van der Waals surface area contributed by atoms with E-state index in [1.807, 2.05) is 24.3 Å². The lowest BCUT2D eigenvalue weighted by molar-refractivity contribution is 0.0915. The third kappa shape index (κ3) is 4.17. The van der Waals surface area contributed by atoms with Crippen LogP contribution in [0.2, 0.25) is 0 Å². The predicted molar refractivity (Wildman–Crippen MR) is 126 cm³/mol. The molecule has 4 aromatic rings. The first kappa shape index (κ1) is 23.9. The average Bonchev–Trinajstić information content (AvgIpc) is 3.29. The van der Waals surface area contributed by atoms with E-state index in [1.165, 1.54) is 18.2 Å². The minimum absolute atomic E-state index is 0. The molecule has 0 bridgehead atoms. The summed E-state index contributed by atoms with van der Waals surface area (Å²) in [6.07, 6.45) is 1.78. The van der Waals surface area contributed by atoms with E-state index in [1.54, 1.807) is 29.7 Å². The average molecular weight is 485 g/mol. The molecule has 176 valence electrons. The highest BCUT2D eigenvalue weighted by Crippen LogP contribution is 2.37. The number of fused-ring (bicyclic) bond motifs is 2. The van der Waals surface area contributed by atoms with Gasteiger partial charge in [0.1, 0.15) is 23.9 Å². The molecule has 0 spiro atoms. The zero-order valence-electron chi connectivity index (χ0n) is 18.4. The van der Waals surface area contributed by atoms with E-state index in [0.717, 1.165) is 11.1 Å². The van der Waals surface area contributed by atoms with Crippen molar-refractivity contribution in [2.75, 3.05) is 0 Å². The largest absolute Gasteiger partial charge is 0.485 e. The highest BCUT2D eigenvalue weighted by Gasteiger charge is 2.33. The number of hydrogen-bond donors (Lipinski definition) is 1. The molecule has 2 aromatic heterocycles. The van der Waals surface area contributed by atoms with E-state index >= 15 is 0 Å². The van der Waals surface area contributed by atoms with E-state index in [9.17, 15) is 18.7 Å². The molecule has 8 heteroatoms. The summed E-state index contributed by atoms with van der Waals surface area (Å²) in [5.74, 6) is -1.48. The molecule has 5 nitrogen and oxygen atoms in total. The molecule has 2 aromatic carbocycles. The van der Waals surface area contributed by atoms with E-state index in [4.69, 9.17) is 4.74 Å².